The molecule has 1 N–H and O–H groups in total. The summed E-state index contributed by atoms with van der Waals surface area (Å²) in [7, 11) is 0. The summed E-state index contributed by atoms with van der Waals surface area (Å²) < 4.78 is 0. The summed E-state index contributed by atoms with van der Waals surface area (Å²) in [4.78, 5) is 0. The van der Waals surface area contributed by atoms with Crippen LogP contribution in [-0.4, -0.2) is 5.54 Å². The van der Waals surface area contributed by atoms with E-state index >= 15 is 0 Å². The van der Waals surface area contributed by atoms with Gasteiger partial charge in [-0.05, 0) is 25.8 Å². The van der Waals surface area contributed by atoms with Crippen LogP contribution in [0.25, 0.3) is 0 Å². The number of hydrogen-bond acceptors (Lipinski definition) is 1. The number of unbranched alkanes of at least 4 members (excludes halogenated alkanes) is 6. The molecule has 0 radical (unpaired) electrons. The molecule has 21 heavy (non-hydrogen) atoms. The predicted molar refractivity (Wildman–Crippen MR) is 97.2 cm³/mol. The first-order chi connectivity index (χ1) is 9.64. The van der Waals surface area contributed by atoms with E-state index in [-0.39, 0.29) is 17.9 Å². The molecule has 0 atom stereocenters. The van der Waals surface area contributed by atoms with E-state index in [2.05, 4.69) is 56.4 Å². The molecule has 0 saturated carbocycles. The van der Waals surface area contributed by atoms with Crippen LogP contribution in [0, 0.1) is 0 Å². The Bertz CT molecular complexity index is 335. The molecule has 0 aliphatic heterocycles. The topological polar surface area (TPSA) is 12.0 Å². The largest absolute Gasteiger partial charge is 0.308 e. The van der Waals surface area contributed by atoms with Gasteiger partial charge in [-0.1, -0.05) is 82.2 Å². The minimum absolute atomic E-state index is 0. The fourth-order valence-electron chi connectivity index (χ4n) is 2.55. The van der Waals surface area contributed by atoms with E-state index in [9.17, 15) is 0 Å². The van der Waals surface area contributed by atoms with Gasteiger partial charge in [-0.3, -0.25) is 0 Å². The molecule has 1 rings (SSSR count). The second-order valence-electron chi connectivity index (χ2n) is 6.59. The van der Waals surface area contributed by atoms with Gasteiger partial charge in [-0.25, -0.2) is 0 Å². The molecule has 2 heteroatoms. The van der Waals surface area contributed by atoms with E-state index in [4.69, 9.17) is 0 Å². The second-order valence-corrected chi connectivity index (χ2v) is 6.59. The highest BCUT2D eigenvalue weighted by atomic mass is 35.5. The molecule has 0 unspecified atom stereocenters. The quantitative estimate of drug-likeness (QED) is 0.486. The highest BCUT2D eigenvalue weighted by molar-refractivity contribution is 5.85. The lowest BCUT2D eigenvalue weighted by Crippen LogP contribution is -2.38. The van der Waals surface area contributed by atoms with E-state index in [0.29, 0.717) is 0 Å². The summed E-state index contributed by atoms with van der Waals surface area (Å²) in [5, 5.41) is 3.69. The van der Waals surface area contributed by atoms with Crippen LogP contribution < -0.4 is 5.32 Å². The van der Waals surface area contributed by atoms with Crippen molar-refractivity contribution in [2.24, 2.45) is 0 Å². The monoisotopic (exact) mass is 311 g/mol. The molecule has 0 bridgehead atoms. The van der Waals surface area contributed by atoms with Crippen molar-refractivity contribution in [2.45, 2.75) is 84.2 Å². The Balaban J connectivity index is 0.00000400. The zero-order chi connectivity index (χ0) is 14.7. The van der Waals surface area contributed by atoms with E-state index < -0.39 is 0 Å². The first kappa shape index (κ1) is 20.5. The summed E-state index contributed by atoms with van der Waals surface area (Å²) in [5.74, 6) is 0. The number of hydrogen-bond donors (Lipinski definition) is 1. The van der Waals surface area contributed by atoms with Crippen molar-refractivity contribution in [1.29, 1.82) is 0 Å². The van der Waals surface area contributed by atoms with Crippen molar-refractivity contribution in [3.8, 4) is 0 Å². The van der Waals surface area contributed by atoms with E-state index in [0.717, 1.165) is 6.54 Å². The lowest BCUT2D eigenvalue weighted by atomic mass is 9.95. The first-order valence-corrected chi connectivity index (χ1v) is 8.43. The maximum Gasteiger partial charge on any atom is 0.0210 e. The van der Waals surface area contributed by atoms with Crippen LogP contribution >= 0.6 is 12.4 Å². The molecule has 122 valence electrons. The number of benzene rings is 1. The normalized spacial score (nSPS) is 11.2. The van der Waals surface area contributed by atoms with Crippen molar-refractivity contribution in [3.05, 3.63) is 35.9 Å². The lowest BCUT2D eigenvalue weighted by molar-refractivity contribution is 0.344. The SMILES string of the molecule is CCCCCCCCCC(C)(C)NCc1ccccc1.Cl. The van der Waals surface area contributed by atoms with Crippen LogP contribution in [0.4, 0.5) is 0 Å². The van der Waals surface area contributed by atoms with Gasteiger partial charge in [0.05, 0.1) is 0 Å². The van der Waals surface area contributed by atoms with Gasteiger partial charge in [0.2, 0.25) is 0 Å². The van der Waals surface area contributed by atoms with Crippen LogP contribution in [0.5, 0.6) is 0 Å². The highest BCUT2D eigenvalue weighted by Gasteiger charge is 2.15. The van der Waals surface area contributed by atoms with Crippen LogP contribution in [0.1, 0.15) is 77.7 Å². The van der Waals surface area contributed by atoms with Gasteiger partial charge in [-0.15, -0.1) is 12.4 Å². The maximum absolute atomic E-state index is 3.69. The molecule has 1 aromatic carbocycles. The standard InChI is InChI=1S/C19H33N.ClH/c1-4-5-6-7-8-9-13-16-19(2,3)20-17-18-14-11-10-12-15-18;/h10-12,14-15,20H,4-9,13,16-17H2,1-3H3;1H. The Labute approximate surface area is 138 Å². The Morgan fingerprint density at radius 3 is 2.05 bits per heavy atom. The summed E-state index contributed by atoms with van der Waals surface area (Å²) in [5.41, 5.74) is 1.62. The molecule has 0 heterocycles. The maximum atomic E-state index is 3.69. The molecule has 0 aliphatic rings. The minimum Gasteiger partial charge on any atom is -0.308 e. The van der Waals surface area contributed by atoms with E-state index in [1.165, 1.54) is 56.9 Å². The Hall–Kier alpha value is -0.530. The van der Waals surface area contributed by atoms with Gasteiger partial charge in [0.15, 0.2) is 0 Å². The molecule has 1 nitrogen and oxygen atoms in total. The van der Waals surface area contributed by atoms with Crippen LogP contribution in [0.2, 0.25) is 0 Å². The molecule has 1 aromatic rings. The van der Waals surface area contributed by atoms with Crippen molar-refractivity contribution >= 4 is 12.4 Å². The summed E-state index contributed by atoms with van der Waals surface area (Å²) in [6.45, 7) is 7.91. The van der Waals surface area contributed by atoms with Crippen molar-refractivity contribution in [1.82, 2.24) is 5.32 Å². The summed E-state index contributed by atoms with van der Waals surface area (Å²) in [6.07, 6.45) is 11.0. The third-order valence-corrected chi connectivity index (χ3v) is 4.02. The molecule has 0 spiro atoms. The van der Waals surface area contributed by atoms with Crippen molar-refractivity contribution in [2.75, 3.05) is 0 Å². The third-order valence-electron chi connectivity index (χ3n) is 4.02. The zero-order valence-electron chi connectivity index (χ0n) is 14.2. The molecule has 0 aliphatic carbocycles. The van der Waals surface area contributed by atoms with E-state index in [1.807, 2.05) is 0 Å². The molecule has 0 aromatic heterocycles. The van der Waals surface area contributed by atoms with E-state index in [1.54, 1.807) is 0 Å². The fourth-order valence-corrected chi connectivity index (χ4v) is 2.55. The molecule has 0 saturated heterocycles. The molecular weight excluding hydrogens is 278 g/mol. The number of nitrogens with one attached hydrogen (secondary N) is 1. The zero-order valence-corrected chi connectivity index (χ0v) is 15.0. The molecule has 0 fully saturated rings. The van der Waals surface area contributed by atoms with Gasteiger partial charge in [-0.2, -0.15) is 0 Å². The molecule has 0 amide bonds. The number of halogens is 1. The van der Waals surface area contributed by atoms with Crippen LogP contribution in [0.15, 0.2) is 30.3 Å². The number of rotatable bonds is 11. The van der Waals surface area contributed by atoms with Gasteiger partial charge in [0.25, 0.3) is 0 Å². The summed E-state index contributed by atoms with van der Waals surface area (Å²) >= 11 is 0. The summed E-state index contributed by atoms with van der Waals surface area (Å²) in [6, 6.07) is 10.7. The Kier molecular flexibility index (Phi) is 11.8. The fraction of sp³-hybridized carbons (Fsp3) is 0.684. The Morgan fingerprint density at radius 1 is 0.857 bits per heavy atom. The average molecular weight is 312 g/mol. The van der Waals surface area contributed by atoms with Crippen LogP contribution in [0.3, 0.4) is 0 Å². The molecular formula is C19H34ClN. The van der Waals surface area contributed by atoms with Gasteiger partial charge in [0, 0.05) is 12.1 Å². The van der Waals surface area contributed by atoms with Gasteiger partial charge >= 0.3 is 0 Å². The average Bonchev–Trinajstić information content (AvgIpc) is 2.45. The Morgan fingerprint density at radius 2 is 1.43 bits per heavy atom. The first-order valence-electron chi connectivity index (χ1n) is 8.43. The van der Waals surface area contributed by atoms with Gasteiger partial charge < -0.3 is 5.32 Å². The van der Waals surface area contributed by atoms with Crippen molar-refractivity contribution < 1.29 is 0 Å². The predicted octanol–water partition coefficient (Wildman–Crippen LogP) is 6.12. The highest BCUT2D eigenvalue weighted by Crippen LogP contribution is 2.16. The van der Waals surface area contributed by atoms with Crippen molar-refractivity contribution in [3.63, 3.8) is 0 Å². The van der Waals surface area contributed by atoms with Gasteiger partial charge in [0.1, 0.15) is 0 Å². The lowest BCUT2D eigenvalue weighted by Gasteiger charge is -2.26. The third kappa shape index (κ3) is 10.8. The van der Waals surface area contributed by atoms with Crippen LogP contribution in [-0.2, 0) is 6.54 Å². The second kappa shape index (κ2) is 12.1. The smallest absolute Gasteiger partial charge is 0.0210 e. The minimum atomic E-state index is 0.